The lowest BCUT2D eigenvalue weighted by molar-refractivity contribution is -0.131. The Balaban J connectivity index is 1.31. The van der Waals surface area contributed by atoms with Crippen LogP contribution in [-0.2, 0) is 9.59 Å². The third-order valence-electron chi connectivity index (χ3n) is 6.32. The molecule has 2 amide bonds. The Labute approximate surface area is 222 Å². The molecule has 0 radical (unpaired) electrons. The van der Waals surface area contributed by atoms with Crippen LogP contribution in [0.4, 0.5) is 15.8 Å². The normalized spacial score (nSPS) is 13.5. The first-order chi connectivity index (χ1) is 18.3. The molecule has 0 unspecified atom stereocenters. The fourth-order valence-electron chi connectivity index (χ4n) is 4.07. The maximum Gasteiger partial charge on any atom is 0.240 e. The van der Waals surface area contributed by atoms with Crippen molar-refractivity contribution in [2.24, 2.45) is 5.41 Å². The van der Waals surface area contributed by atoms with Gasteiger partial charge in [-0.15, -0.1) is 0 Å². The number of hydrogen-bond acceptors (Lipinski definition) is 6. The molecule has 0 saturated heterocycles. The first-order valence-corrected chi connectivity index (χ1v) is 12.1. The van der Waals surface area contributed by atoms with Gasteiger partial charge in [-0.25, -0.2) is 4.39 Å². The van der Waals surface area contributed by atoms with E-state index in [4.69, 9.17) is 25.8 Å². The third kappa shape index (κ3) is 4.92. The average Bonchev–Trinajstić information content (AvgIpc) is 3.72. The van der Waals surface area contributed by atoms with Crippen LogP contribution in [0.15, 0.2) is 66.9 Å². The molecule has 1 fully saturated rings. The van der Waals surface area contributed by atoms with E-state index in [0.717, 1.165) is 6.07 Å². The highest BCUT2D eigenvalue weighted by Gasteiger charge is 2.56. The number of halogens is 2. The van der Waals surface area contributed by atoms with Gasteiger partial charge in [0.2, 0.25) is 11.8 Å². The summed E-state index contributed by atoms with van der Waals surface area (Å²) in [6, 6.07) is 15.7. The maximum absolute atomic E-state index is 15.0. The average molecular weight is 536 g/mol. The van der Waals surface area contributed by atoms with Crippen molar-refractivity contribution in [3.63, 3.8) is 0 Å². The number of methoxy groups -OCH3 is 2. The van der Waals surface area contributed by atoms with Crippen LogP contribution in [0.1, 0.15) is 12.8 Å². The van der Waals surface area contributed by atoms with Gasteiger partial charge in [-0.2, -0.15) is 0 Å². The van der Waals surface area contributed by atoms with Crippen molar-refractivity contribution in [2.45, 2.75) is 12.8 Å². The lowest BCUT2D eigenvalue weighted by atomic mass is 10.0. The quantitative estimate of drug-likeness (QED) is 0.261. The highest BCUT2D eigenvalue weighted by Crippen LogP contribution is 2.47. The van der Waals surface area contributed by atoms with Gasteiger partial charge in [0.25, 0.3) is 0 Å². The summed E-state index contributed by atoms with van der Waals surface area (Å²) in [5, 5.41) is 6.45. The molecule has 10 heteroatoms. The van der Waals surface area contributed by atoms with E-state index in [1.807, 2.05) is 0 Å². The maximum atomic E-state index is 15.0. The van der Waals surface area contributed by atoms with Crippen LogP contribution in [0.2, 0.25) is 5.02 Å². The first kappa shape index (κ1) is 25.3. The number of carbonyl (C=O) groups is 2. The number of nitrogens with zero attached hydrogens (tertiary/aromatic N) is 1. The van der Waals surface area contributed by atoms with E-state index < -0.39 is 23.0 Å². The third-order valence-corrected chi connectivity index (χ3v) is 6.55. The summed E-state index contributed by atoms with van der Waals surface area (Å²) in [5.41, 5.74) is 0.0565. The molecule has 0 bridgehead atoms. The zero-order valence-electron chi connectivity index (χ0n) is 20.5. The molecular weight excluding hydrogens is 513 g/mol. The second-order valence-electron chi connectivity index (χ2n) is 8.78. The summed E-state index contributed by atoms with van der Waals surface area (Å²) >= 11 is 5.97. The molecule has 5 rings (SSSR count). The van der Waals surface area contributed by atoms with Gasteiger partial charge in [0.1, 0.15) is 11.2 Å². The van der Waals surface area contributed by atoms with E-state index in [1.54, 1.807) is 48.7 Å². The first-order valence-electron chi connectivity index (χ1n) is 11.7. The van der Waals surface area contributed by atoms with Crippen molar-refractivity contribution < 1.29 is 28.2 Å². The van der Waals surface area contributed by atoms with Crippen molar-refractivity contribution in [1.29, 1.82) is 0 Å². The Morgan fingerprint density at radius 3 is 2.18 bits per heavy atom. The standard InChI is InChI=1S/C28H23ClFN3O5/c1-36-24-14-19-21(15-25(24)37-2)31-11-8-22(19)38-23-7-6-18(13-20(23)30)33-27(35)28(9-10-28)26(34)32-17-5-3-4-16(29)12-17/h3-8,11-15H,9-10H2,1-2H3,(H,32,34)(H,33,35). The van der Waals surface area contributed by atoms with Crippen LogP contribution in [0.5, 0.6) is 23.0 Å². The molecule has 0 spiro atoms. The predicted octanol–water partition coefficient (Wildman–Crippen LogP) is 6.19. The molecule has 0 aliphatic heterocycles. The molecule has 0 atom stereocenters. The Kier molecular flexibility index (Phi) is 6.77. The molecule has 1 aromatic heterocycles. The summed E-state index contributed by atoms with van der Waals surface area (Å²) in [6.45, 7) is 0. The van der Waals surface area contributed by atoms with Crippen LogP contribution in [0, 0.1) is 11.2 Å². The molecule has 1 saturated carbocycles. The van der Waals surface area contributed by atoms with Gasteiger partial charge in [-0.1, -0.05) is 17.7 Å². The Bertz CT molecular complexity index is 1560. The predicted molar refractivity (Wildman–Crippen MR) is 142 cm³/mol. The molecule has 3 aromatic carbocycles. The van der Waals surface area contributed by atoms with Gasteiger partial charge in [-0.05, 0) is 55.3 Å². The molecule has 4 aromatic rings. The van der Waals surface area contributed by atoms with Crippen molar-refractivity contribution in [1.82, 2.24) is 4.98 Å². The minimum atomic E-state index is -1.22. The van der Waals surface area contributed by atoms with E-state index >= 15 is 4.39 Å². The van der Waals surface area contributed by atoms with Crippen molar-refractivity contribution >= 4 is 45.7 Å². The molecule has 1 aliphatic rings. The summed E-state index contributed by atoms with van der Waals surface area (Å²) in [6.07, 6.45) is 2.32. The number of ether oxygens (including phenoxy) is 3. The second-order valence-corrected chi connectivity index (χ2v) is 9.22. The number of amides is 2. The van der Waals surface area contributed by atoms with E-state index in [9.17, 15) is 9.59 Å². The molecule has 1 aliphatic carbocycles. The van der Waals surface area contributed by atoms with Gasteiger partial charge < -0.3 is 24.8 Å². The van der Waals surface area contributed by atoms with Gasteiger partial charge in [0, 0.05) is 40.1 Å². The van der Waals surface area contributed by atoms with Gasteiger partial charge in [0.05, 0.1) is 19.7 Å². The highest BCUT2D eigenvalue weighted by atomic mass is 35.5. The lowest BCUT2D eigenvalue weighted by Crippen LogP contribution is -2.35. The summed E-state index contributed by atoms with van der Waals surface area (Å²) in [5.74, 6) is -0.344. The second kappa shape index (κ2) is 10.2. The monoisotopic (exact) mass is 535 g/mol. The van der Waals surface area contributed by atoms with Crippen LogP contribution >= 0.6 is 11.6 Å². The number of hydrogen-bond donors (Lipinski definition) is 2. The van der Waals surface area contributed by atoms with Crippen LogP contribution in [0.3, 0.4) is 0 Å². The summed E-state index contributed by atoms with van der Waals surface area (Å²) < 4.78 is 31.5. The Morgan fingerprint density at radius 1 is 0.868 bits per heavy atom. The number of carbonyl (C=O) groups excluding carboxylic acids is 2. The zero-order chi connectivity index (χ0) is 26.9. The van der Waals surface area contributed by atoms with Crippen molar-refractivity contribution in [3.05, 3.63) is 77.7 Å². The van der Waals surface area contributed by atoms with Gasteiger partial charge >= 0.3 is 0 Å². The zero-order valence-corrected chi connectivity index (χ0v) is 21.3. The number of anilines is 2. The number of benzene rings is 3. The van der Waals surface area contributed by atoms with Gasteiger partial charge in [0.15, 0.2) is 23.1 Å². The van der Waals surface area contributed by atoms with Crippen LogP contribution < -0.4 is 24.8 Å². The van der Waals surface area contributed by atoms with Crippen LogP contribution in [-0.4, -0.2) is 31.0 Å². The number of aromatic nitrogens is 1. The lowest BCUT2D eigenvalue weighted by Gasteiger charge is -2.16. The minimum Gasteiger partial charge on any atom is -0.493 e. The van der Waals surface area contributed by atoms with Crippen molar-refractivity contribution in [2.75, 3.05) is 24.9 Å². The molecule has 38 heavy (non-hydrogen) atoms. The smallest absolute Gasteiger partial charge is 0.240 e. The molecular formula is C28H23ClFN3O5. The van der Waals surface area contributed by atoms with E-state index in [-0.39, 0.29) is 11.4 Å². The Morgan fingerprint density at radius 2 is 1.55 bits per heavy atom. The molecule has 194 valence electrons. The molecule has 1 heterocycles. The fourth-order valence-corrected chi connectivity index (χ4v) is 4.26. The van der Waals surface area contributed by atoms with E-state index in [2.05, 4.69) is 15.6 Å². The number of pyridine rings is 1. The minimum absolute atomic E-state index is 0.0508. The Hall–Kier alpha value is -4.37. The summed E-state index contributed by atoms with van der Waals surface area (Å²) in [7, 11) is 3.04. The van der Waals surface area contributed by atoms with Crippen LogP contribution in [0.25, 0.3) is 10.9 Å². The van der Waals surface area contributed by atoms with Crippen molar-refractivity contribution in [3.8, 4) is 23.0 Å². The largest absolute Gasteiger partial charge is 0.493 e. The van der Waals surface area contributed by atoms with Gasteiger partial charge in [-0.3, -0.25) is 14.6 Å². The fraction of sp³-hybridized carbons (Fsp3) is 0.179. The molecule has 2 N–H and O–H groups in total. The van der Waals surface area contributed by atoms with E-state index in [0.29, 0.717) is 51.7 Å². The number of nitrogens with one attached hydrogen (secondary N) is 2. The SMILES string of the molecule is COc1cc2nccc(Oc3ccc(NC(=O)C4(C(=O)Nc5cccc(Cl)c5)CC4)cc3F)c2cc1OC. The number of fused-ring (bicyclic) bond motifs is 1. The van der Waals surface area contributed by atoms with E-state index in [1.165, 1.54) is 26.4 Å². The highest BCUT2D eigenvalue weighted by molar-refractivity contribution is 6.31. The summed E-state index contributed by atoms with van der Waals surface area (Å²) in [4.78, 5) is 30.1. The molecule has 8 nitrogen and oxygen atoms in total. The topological polar surface area (TPSA) is 98.8 Å². The number of rotatable bonds is 8.